The van der Waals surface area contributed by atoms with Crippen LogP contribution in [0.3, 0.4) is 0 Å². The second-order valence-electron chi connectivity index (χ2n) is 8.77. The highest BCUT2D eigenvalue weighted by molar-refractivity contribution is 7.19. The number of benzene rings is 2. The van der Waals surface area contributed by atoms with Gasteiger partial charge >= 0.3 is 17.8 Å². The van der Waals surface area contributed by atoms with E-state index >= 15 is 26.3 Å². The van der Waals surface area contributed by atoms with Crippen molar-refractivity contribution in [3.05, 3.63) is 70.3 Å². The molecule has 0 saturated carbocycles. The number of hydrogen-bond donors (Lipinski definition) is 0. The van der Waals surface area contributed by atoms with Crippen LogP contribution in [-0.4, -0.2) is 17.8 Å². The van der Waals surface area contributed by atoms with Crippen LogP contribution in [0.2, 0.25) is 0 Å². The smallest absolute Gasteiger partial charge is 0.380 e. The van der Waals surface area contributed by atoms with Gasteiger partial charge in [-0.2, -0.15) is 26.3 Å². The van der Waals surface area contributed by atoms with Gasteiger partial charge in [0.15, 0.2) is 0 Å². The quantitative estimate of drug-likeness (QED) is 0.237. The Morgan fingerprint density at radius 3 is 1.94 bits per heavy atom. The summed E-state index contributed by atoms with van der Waals surface area (Å²) < 4.78 is 99.0. The average Bonchev–Trinajstić information content (AvgIpc) is 3.37. The molecule has 0 bridgehead atoms. The molecule has 0 N–H and O–H groups in total. The van der Waals surface area contributed by atoms with Gasteiger partial charge in [0.25, 0.3) is 0 Å². The van der Waals surface area contributed by atoms with Crippen LogP contribution < -0.4 is 0 Å². The fourth-order valence-electron chi connectivity index (χ4n) is 4.94. The summed E-state index contributed by atoms with van der Waals surface area (Å²) in [5.41, 5.74) is -3.00. The molecule has 2 aromatic carbocycles. The zero-order valence-corrected chi connectivity index (χ0v) is 19.8. The van der Waals surface area contributed by atoms with E-state index < -0.39 is 28.9 Å². The fraction of sp³-hybridized carbons (Fsp3) is 0.333. The number of para-hydroxylation sites is 1. The Morgan fingerprint density at radius 1 is 0.714 bits per heavy atom. The lowest BCUT2D eigenvalue weighted by atomic mass is 9.90. The molecule has 0 unspecified atom stereocenters. The number of allylic oxidation sites excluding steroid dienone is 2. The zero-order chi connectivity index (χ0) is 25.2. The van der Waals surface area contributed by atoms with Gasteiger partial charge in [0, 0.05) is 49.0 Å². The van der Waals surface area contributed by atoms with Crippen LogP contribution in [0.25, 0.3) is 32.2 Å². The number of aryl methyl sites for hydroxylation is 2. The summed E-state index contributed by atoms with van der Waals surface area (Å²) in [4.78, 5) is 0.388. The largest absolute Gasteiger partial charge is 0.460 e. The lowest BCUT2D eigenvalue weighted by molar-refractivity contribution is -0.254. The molecular formula is C27H22F6OS. The van der Waals surface area contributed by atoms with Crippen molar-refractivity contribution in [1.82, 2.24) is 0 Å². The van der Waals surface area contributed by atoms with Gasteiger partial charge in [-0.3, -0.25) is 0 Å². The molecule has 5 rings (SSSR count). The van der Waals surface area contributed by atoms with E-state index in [1.807, 2.05) is 6.92 Å². The third kappa shape index (κ3) is 3.21. The van der Waals surface area contributed by atoms with Crippen LogP contribution >= 0.6 is 11.3 Å². The van der Waals surface area contributed by atoms with Crippen molar-refractivity contribution in [3.8, 4) is 0 Å². The molecule has 0 saturated heterocycles. The van der Waals surface area contributed by atoms with Crippen LogP contribution in [0.1, 0.15) is 48.5 Å². The Hall–Kier alpha value is -2.74. The first kappa shape index (κ1) is 24.0. The normalized spacial score (nSPS) is 18.7. The van der Waals surface area contributed by atoms with Crippen molar-refractivity contribution in [2.75, 3.05) is 0 Å². The molecule has 35 heavy (non-hydrogen) atoms. The van der Waals surface area contributed by atoms with Gasteiger partial charge in [-0.25, -0.2) is 0 Å². The second-order valence-corrected chi connectivity index (χ2v) is 9.90. The molecule has 1 aliphatic carbocycles. The van der Waals surface area contributed by atoms with Gasteiger partial charge in [0.2, 0.25) is 0 Å². The molecule has 2 heterocycles. The van der Waals surface area contributed by atoms with Crippen LogP contribution in [0, 0.1) is 0 Å². The first-order chi connectivity index (χ1) is 16.6. The van der Waals surface area contributed by atoms with E-state index in [2.05, 4.69) is 0 Å². The molecule has 0 fully saturated rings. The van der Waals surface area contributed by atoms with Gasteiger partial charge in [0.1, 0.15) is 11.3 Å². The number of halogens is 6. The predicted octanol–water partition coefficient (Wildman–Crippen LogP) is 9.38. The Bertz CT molecular complexity index is 1350. The van der Waals surface area contributed by atoms with Crippen molar-refractivity contribution in [3.63, 3.8) is 0 Å². The summed E-state index contributed by atoms with van der Waals surface area (Å²) in [7, 11) is 0. The van der Waals surface area contributed by atoms with Crippen molar-refractivity contribution in [1.29, 1.82) is 0 Å². The number of hydrogen-bond acceptors (Lipinski definition) is 2. The summed E-state index contributed by atoms with van der Waals surface area (Å²) in [6.45, 7) is 3.59. The van der Waals surface area contributed by atoms with E-state index in [0.29, 0.717) is 28.8 Å². The van der Waals surface area contributed by atoms with Gasteiger partial charge < -0.3 is 4.42 Å². The van der Waals surface area contributed by atoms with Crippen LogP contribution in [0.4, 0.5) is 26.3 Å². The minimum absolute atomic E-state index is 0.00551. The minimum atomic E-state index is -5.61. The number of furan rings is 1. The number of alkyl halides is 6. The number of fused-ring (bicyclic) bond motifs is 2. The van der Waals surface area contributed by atoms with E-state index in [-0.39, 0.29) is 39.7 Å². The minimum Gasteiger partial charge on any atom is -0.460 e. The monoisotopic (exact) mass is 508 g/mol. The van der Waals surface area contributed by atoms with E-state index in [4.69, 9.17) is 4.42 Å². The molecule has 0 aliphatic heterocycles. The SMILES string of the molecule is CCCc1oc2ccccc2c1C1=C(c2c(CCC)sc3ccccc23)C(F)(F)C(F)(F)C1(F)F. The van der Waals surface area contributed by atoms with Crippen molar-refractivity contribution < 1.29 is 30.8 Å². The molecule has 0 radical (unpaired) electrons. The third-order valence-electron chi connectivity index (χ3n) is 6.46. The molecule has 4 aromatic rings. The maximum atomic E-state index is 15.6. The molecule has 1 nitrogen and oxygen atoms in total. The summed E-state index contributed by atoms with van der Waals surface area (Å²) in [6, 6.07) is 12.6. The maximum Gasteiger partial charge on any atom is 0.380 e. The molecular weight excluding hydrogens is 486 g/mol. The van der Waals surface area contributed by atoms with Gasteiger partial charge in [-0.1, -0.05) is 56.7 Å². The first-order valence-electron chi connectivity index (χ1n) is 11.5. The van der Waals surface area contributed by atoms with Crippen LogP contribution in [-0.2, 0) is 12.8 Å². The average molecular weight is 509 g/mol. The molecule has 8 heteroatoms. The number of thiophene rings is 1. The van der Waals surface area contributed by atoms with Crippen molar-refractivity contribution >= 4 is 43.5 Å². The summed E-state index contributed by atoms with van der Waals surface area (Å²) in [6.07, 6.45) is 1.43. The predicted molar refractivity (Wildman–Crippen MR) is 128 cm³/mol. The Labute approximate surface area is 202 Å². The highest BCUT2D eigenvalue weighted by Gasteiger charge is 2.80. The molecule has 0 amide bonds. The lowest BCUT2D eigenvalue weighted by Crippen LogP contribution is -2.49. The van der Waals surface area contributed by atoms with Gasteiger partial charge in [0.05, 0.1) is 0 Å². The lowest BCUT2D eigenvalue weighted by Gasteiger charge is -2.26. The summed E-state index contributed by atoms with van der Waals surface area (Å²) in [5, 5.41) is 0.389. The molecule has 184 valence electrons. The topological polar surface area (TPSA) is 13.1 Å². The maximum absolute atomic E-state index is 15.6. The highest BCUT2D eigenvalue weighted by atomic mass is 32.1. The van der Waals surface area contributed by atoms with E-state index in [9.17, 15) is 0 Å². The van der Waals surface area contributed by atoms with Gasteiger partial charge in [-0.05, 0) is 25.0 Å². The molecule has 2 aromatic heterocycles. The Balaban J connectivity index is 1.99. The summed E-state index contributed by atoms with van der Waals surface area (Å²) in [5.74, 6) is -15.8. The molecule has 0 spiro atoms. The number of rotatable bonds is 6. The van der Waals surface area contributed by atoms with Crippen molar-refractivity contribution in [2.45, 2.75) is 57.3 Å². The van der Waals surface area contributed by atoms with Crippen molar-refractivity contribution in [2.24, 2.45) is 0 Å². The van der Waals surface area contributed by atoms with E-state index in [0.717, 1.165) is 0 Å². The van der Waals surface area contributed by atoms with Crippen LogP contribution in [0.15, 0.2) is 52.9 Å². The molecule has 1 aliphatic rings. The Morgan fingerprint density at radius 2 is 1.29 bits per heavy atom. The first-order valence-corrected chi connectivity index (χ1v) is 12.3. The highest BCUT2D eigenvalue weighted by Crippen LogP contribution is 2.66. The summed E-state index contributed by atoms with van der Waals surface area (Å²) >= 11 is 1.17. The zero-order valence-electron chi connectivity index (χ0n) is 19.0. The standard InChI is InChI=1S/C27H22F6OS/c1-3-9-18-21(15-11-5-7-13-17(15)34-18)23-24(26(30,31)27(32,33)25(23,28)29)22-16-12-6-8-14-19(16)35-20(22)10-4-2/h5-8,11-14H,3-4,9-10H2,1-2H3. The van der Waals surface area contributed by atoms with E-state index in [1.165, 1.54) is 29.5 Å². The molecule has 0 atom stereocenters. The Kier molecular flexibility index (Phi) is 5.58. The van der Waals surface area contributed by atoms with Crippen LogP contribution in [0.5, 0.6) is 0 Å². The van der Waals surface area contributed by atoms with Gasteiger partial charge in [-0.15, -0.1) is 11.3 Å². The third-order valence-corrected chi connectivity index (χ3v) is 7.69. The second kappa shape index (κ2) is 8.15. The fourth-order valence-corrected chi connectivity index (χ4v) is 6.25. The van der Waals surface area contributed by atoms with E-state index in [1.54, 1.807) is 37.3 Å².